The van der Waals surface area contributed by atoms with Gasteiger partial charge in [-0.1, -0.05) is 38.1 Å². The molecule has 4 rings (SSSR count). The van der Waals surface area contributed by atoms with E-state index in [-0.39, 0.29) is 5.63 Å². The summed E-state index contributed by atoms with van der Waals surface area (Å²) >= 11 is 0. The lowest BCUT2D eigenvalue weighted by atomic mass is 9.98. The maximum Gasteiger partial charge on any atom is 0.344 e. The molecule has 0 aliphatic heterocycles. The molecule has 0 amide bonds. The number of methoxy groups -OCH3 is 2. The molecule has 3 aromatic carbocycles. The predicted octanol–water partition coefficient (Wildman–Crippen LogP) is 5.67. The Balaban J connectivity index is 1.77. The van der Waals surface area contributed by atoms with Crippen LogP contribution in [0.4, 0.5) is 0 Å². The lowest BCUT2D eigenvalue weighted by Crippen LogP contribution is -2.03. The van der Waals surface area contributed by atoms with Crippen molar-refractivity contribution in [1.82, 2.24) is 0 Å². The van der Waals surface area contributed by atoms with Crippen LogP contribution in [0.3, 0.4) is 0 Å². The zero-order chi connectivity index (χ0) is 21.3. The van der Waals surface area contributed by atoms with Gasteiger partial charge in [0.05, 0.1) is 19.6 Å². The Bertz CT molecular complexity index is 1270. The van der Waals surface area contributed by atoms with Gasteiger partial charge in [0.1, 0.15) is 17.9 Å². The Morgan fingerprint density at radius 2 is 1.70 bits per heavy atom. The average Bonchev–Trinajstić information content (AvgIpc) is 2.77. The first-order valence-corrected chi connectivity index (χ1v) is 9.84. The lowest BCUT2D eigenvalue weighted by Gasteiger charge is -2.13. The van der Waals surface area contributed by atoms with Crippen LogP contribution in [0, 0.1) is 0 Å². The van der Waals surface area contributed by atoms with Crippen molar-refractivity contribution in [3.63, 3.8) is 0 Å². The van der Waals surface area contributed by atoms with Crippen molar-refractivity contribution in [2.24, 2.45) is 0 Å². The molecule has 1 heterocycles. The minimum atomic E-state index is -0.357. The molecule has 0 aliphatic carbocycles. The fraction of sp³-hybridized carbons (Fsp3) is 0.240. The molecule has 1 aromatic heterocycles. The minimum absolute atomic E-state index is 0.325. The number of rotatable bonds is 6. The largest absolute Gasteiger partial charge is 0.497 e. The number of hydrogen-bond acceptors (Lipinski definition) is 5. The molecule has 0 fully saturated rings. The summed E-state index contributed by atoms with van der Waals surface area (Å²) in [6.45, 7) is 4.52. The van der Waals surface area contributed by atoms with Crippen LogP contribution in [0.1, 0.15) is 30.9 Å². The summed E-state index contributed by atoms with van der Waals surface area (Å²) in [6.07, 6.45) is 0. The van der Waals surface area contributed by atoms with Crippen LogP contribution in [-0.2, 0) is 6.61 Å². The van der Waals surface area contributed by atoms with Gasteiger partial charge in [0.15, 0.2) is 11.5 Å². The highest BCUT2D eigenvalue weighted by molar-refractivity contribution is 6.05. The third-order valence-electron chi connectivity index (χ3n) is 5.22. The maximum absolute atomic E-state index is 12.6. The van der Waals surface area contributed by atoms with Gasteiger partial charge in [0.25, 0.3) is 0 Å². The Morgan fingerprint density at radius 1 is 0.867 bits per heavy atom. The Morgan fingerprint density at radius 3 is 2.43 bits per heavy atom. The zero-order valence-electron chi connectivity index (χ0n) is 17.5. The van der Waals surface area contributed by atoms with Crippen molar-refractivity contribution in [3.8, 4) is 17.2 Å². The minimum Gasteiger partial charge on any atom is -0.497 e. The SMILES string of the molecule is COc1cccc(COc2cc3oc(=O)c4cc(C(C)C)ccc4c3cc2OC)c1. The van der Waals surface area contributed by atoms with Gasteiger partial charge in [-0.15, -0.1) is 0 Å². The first kappa shape index (κ1) is 19.8. The van der Waals surface area contributed by atoms with Crippen molar-refractivity contribution in [3.05, 3.63) is 76.1 Å². The van der Waals surface area contributed by atoms with Crippen molar-refractivity contribution in [1.29, 1.82) is 0 Å². The Labute approximate surface area is 174 Å². The van der Waals surface area contributed by atoms with Gasteiger partial charge in [0, 0.05) is 16.8 Å². The van der Waals surface area contributed by atoms with Crippen molar-refractivity contribution < 1.29 is 18.6 Å². The number of fused-ring (bicyclic) bond motifs is 3. The van der Waals surface area contributed by atoms with Gasteiger partial charge in [-0.05, 0) is 41.3 Å². The van der Waals surface area contributed by atoms with Crippen molar-refractivity contribution >= 4 is 21.7 Å². The third-order valence-corrected chi connectivity index (χ3v) is 5.22. The monoisotopic (exact) mass is 404 g/mol. The molecule has 154 valence electrons. The Hall–Kier alpha value is -3.47. The van der Waals surface area contributed by atoms with Crippen LogP contribution in [-0.4, -0.2) is 14.2 Å². The second-order valence-corrected chi connectivity index (χ2v) is 7.49. The van der Waals surface area contributed by atoms with Crippen LogP contribution in [0.25, 0.3) is 21.7 Å². The smallest absolute Gasteiger partial charge is 0.344 e. The second-order valence-electron chi connectivity index (χ2n) is 7.49. The molecular formula is C25H24O5. The van der Waals surface area contributed by atoms with E-state index in [9.17, 15) is 4.79 Å². The standard InChI is InChI=1S/C25H24O5/c1-15(2)17-8-9-19-20-12-23(28-4)24(13-22(20)30-25(26)21(19)11-17)29-14-16-6-5-7-18(10-16)27-3/h5-13,15H,14H2,1-4H3. The van der Waals surface area contributed by atoms with E-state index in [1.165, 1.54) is 0 Å². The van der Waals surface area contributed by atoms with E-state index in [0.29, 0.717) is 35.0 Å². The highest BCUT2D eigenvalue weighted by atomic mass is 16.5. The summed E-state index contributed by atoms with van der Waals surface area (Å²) < 4.78 is 22.4. The highest BCUT2D eigenvalue weighted by Gasteiger charge is 2.14. The van der Waals surface area contributed by atoms with Gasteiger partial charge >= 0.3 is 5.63 Å². The maximum atomic E-state index is 12.6. The van der Waals surface area contributed by atoms with E-state index >= 15 is 0 Å². The predicted molar refractivity (Wildman–Crippen MR) is 118 cm³/mol. The first-order chi connectivity index (χ1) is 14.5. The van der Waals surface area contributed by atoms with Crippen molar-refractivity contribution in [2.75, 3.05) is 14.2 Å². The van der Waals surface area contributed by atoms with Crippen LogP contribution in [0.15, 0.2) is 63.8 Å². The van der Waals surface area contributed by atoms with Gasteiger partial charge in [0.2, 0.25) is 0 Å². The van der Waals surface area contributed by atoms with E-state index in [1.54, 1.807) is 20.3 Å². The molecule has 5 nitrogen and oxygen atoms in total. The topological polar surface area (TPSA) is 57.9 Å². The molecular weight excluding hydrogens is 380 g/mol. The van der Waals surface area contributed by atoms with E-state index < -0.39 is 0 Å². The molecule has 0 aliphatic rings. The van der Waals surface area contributed by atoms with Gasteiger partial charge in [-0.2, -0.15) is 0 Å². The molecule has 0 bridgehead atoms. The fourth-order valence-electron chi connectivity index (χ4n) is 3.51. The molecule has 0 saturated heterocycles. The summed E-state index contributed by atoms with van der Waals surface area (Å²) in [6, 6.07) is 17.2. The van der Waals surface area contributed by atoms with Crippen LogP contribution >= 0.6 is 0 Å². The molecule has 0 radical (unpaired) electrons. The fourth-order valence-corrected chi connectivity index (χ4v) is 3.51. The van der Waals surface area contributed by atoms with Gasteiger partial charge < -0.3 is 18.6 Å². The highest BCUT2D eigenvalue weighted by Crippen LogP contribution is 2.36. The van der Waals surface area contributed by atoms with E-state index in [4.69, 9.17) is 18.6 Å². The molecule has 30 heavy (non-hydrogen) atoms. The normalized spacial score (nSPS) is 11.2. The lowest BCUT2D eigenvalue weighted by molar-refractivity contribution is 0.284. The zero-order valence-corrected chi connectivity index (χ0v) is 17.5. The quantitative estimate of drug-likeness (QED) is 0.306. The number of benzene rings is 3. The van der Waals surface area contributed by atoms with Gasteiger partial charge in [-0.3, -0.25) is 0 Å². The molecule has 0 N–H and O–H groups in total. The summed E-state index contributed by atoms with van der Waals surface area (Å²) in [5.41, 5.74) is 2.16. The summed E-state index contributed by atoms with van der Waals surface area (Å²) in [4.78, 5) is 12.6. The molecule has 0 atom stereocenters. The Kier molecular flexibility index (Phi) is 5.36. The molecule has 0 spiro atoms. The van der Waals surface area contributed by atoms with Crippen LogP contribution < -0.4 is 19.8 Å². The third kappa shape index (κ3) is 3.71. The van der Waals surface area contributed by atoms with Crippen LogP contribution in [0.5, 0.6) is 17.2 Å². The molecule has 0 unspecified atom stereocenters. The van der Waals surface area contributed by atoms with Gasteiger partial charge in [-0.25, -0.2) is 4.79 Å². The molecule has 5 heteroatoms. The average molecular weight is 404 g/mol. The summed E-state index contributed by atoms with van der Waals surface area (Å²) in [5, 5.41) is 2.22. The number of hydrogen-bond donors (Lipinski definition) is 0. The molecule has 4 aromatic rings. The summed E-state index contributed by atoms with van der Waals surface area (Å²) in [5.74, 6) is 2.17. The van der Waals surface area contributed by atoms with E-state index in [0.717, 1.165) is 27.6 Å². The molecule has 0 saturated carbocycles. The summed E-state index contributed by atoms with van der Waals surface area (Å²) in [7, 11) is 3.22. The number of ether oxygens (including phenoxy) is 3. The van der Waals surface area contributed by atoms with E-state index in [2.05, 4.69) is 13.8 Å². The first-order valence-electron chi connectivity index (χ1n) is 9.84. The van der Waals surface area contributed by atoms with Crippen molar-refractivity contribution in [2.45, 2.75) is 26.4 Å². The second kappa shape index (κ2) is 8.11. The van der Waals surface area contributed by atoms with E-state index in [1.807, 2.05) is 48.5 Å². The van der Waals surface area contributed by atoms with Crippen LogP contribution in [0.2, 0.25) is 0 Å².